The zero-order valence-corrected chi connectivity index (χ0v) is 15.7. The minimum atomic E-state index is -0.350. The van der Waals surface area contributed by atoms with Crippen molar-refractivity contribution >= 4 is 5.97 Å². The van der Waals surface area contributed by atoms with Gasteiger partial charge in [-0.05, 0) is 57.4 Å². The van der Waals surface area contributed by atoms with Gasteiger partial charge in [0.2, 0.25) is 0 Å². The van der Waals surface area contributed by atoms with Crippen LogP contribution in [0.4, 0.5) is 0 Å². The summed E-state index contributed by atoms with van der Waals surface area (Å²) in [5.74, 6) is -0.350. The quantitative estimate of drug-likeness (QED) is 0.833. The summed E-state index contributed by atoms with van der Waals surface area (Å²) in [7, 11) is 0. The molecule has 2 aromatic rings. The fourth-order valence-corrected chi connectivity index (χ4v) is 3.46. The highest BCUT2D eigenvalue weighted by Gasteiger charge is 2.25. The van der Waals surface area contributed by atoms with E-state index in [1.807, 2.05) is 16.8 Å². The first-order valence-corrected chi connectivity index (χ1v) is 9.22. The number of esters is 1. The van der Waals surface area contributed by atoms with Crippen LogP contribution in [-0.2, 0) is 11.3 Å². The number of piperidine rings is 1. The molecule has 0 saturated carbocycles. The van der Waals surface area contributed by atoms with Crippen molar-refractivity contribution < 1.29 is 14.6 Å². The van der Waals surface area contributed by atoms with Gasteiger partial charge < -0.3 is 9.84 Å². The van der Waals surface area contributed by atoms with Gasteiger partial charge in [-0.2, -0.15) is 5.10 Å². The van der Waals surface area contributed by atoms with Crippen LogP contribution in [0.15, 0.2) is 24.4 Å². The summed E-state index contributed by atoms with van der Waals surface area (Å²) in [4.78, 5) is 14.6. The molecule has 0 spiro atoms. The monoisotopic (exact) mass is 357 g/mol. The molecule has 0 radical (unpaired) electrons. The summed E-state index contributed by atoms with van der Waals surface area (Å²) >= 11 is 0. The summed E-state index contributed by atoms with van der Waals surface area (Å²) in [5, 5.41) is 14.5. The number of aromatic nitrogens is 2. The fraction of sp³-hybridized carbons (Fsp3) is 0.500. The van der Waals surface area contributed by atoms with Gasteiger partial charge in [-0.25, -0.2) is 9.48 Å². The predicted molar refractivity (Wildman–Crippen MR) is 99.5 cm³/mol. The molecular weight excluding hydrogens is 330 g/mol. The zero-order chi connectivity index (χ0) is 18.7. The number of ether oxygens (including phenoxy) is 1. The van der Waals surface area contributed by atoms with E-state index in [-0.39, 0.29) is 12.1 Å². The average molecular weight is 357 g/mol. The minimum Gasteiger partial charge on any atom is -0.462 e. The van der Waals surface area contributed by atoms with E-state index in [0.29, 0.717) is 25.3 Å². The normalized spacial score (nSPS) is 18.1. The van der Waals surface area contributed by atoms with Crippen molar-refractivity contribution in [2.45, 2.75) is 46.3 Å². The van der Waals surface area contributed by atoms with E-state index in [1.54, 1.807) is 13.1 Å². The molecule has 1 aromatic heterocycles. The number of hydrogen-bond acceptors (Lipinski definition) is 5. The molecule has 0 bridgehead atoms. The lowest BCUT2D eigenvalue weighted by Crippen LogP contribution is -2.38. The van der Waals surface area contributed by atoms with E-state index in [9.17, 15) is 9.90 Å². The van der Waals surface area contributed by atoms with Crippen molar-refractivity contribution in [1.29, 1.82) is 0 Å². The molecule has 3 rings (SSSR count). The predicted octanol–water partition coefficient (Wildman–Crippen LogP) is 2.62. The van der Waals surface area contributed by atoms with E-state index >= 15 is 0 Å². The van der Waals surface area contributed by atoms with Gasteiger partial charge in [-0.3, -0.25) is 4.90 Å². The number of likely N-dealkylation sites (tertiary alicyclic amines) is 1. The van der Waals surface area contributed by atoms with E-state index in [1.165, 1.54) is 5.56 Å². The molecule has 26 heavy (non-hydrogen) atoms. The van der Waals surface area contributed by atoms with Gasteiger partial charge in [0.15, 0.2) is 0 Å². The van der Waals surface area contributed by atoms with E-state index in [0.717, 1.165) is 36.3 Å². The third-order valence-corrected chi connectivity index (χ3v) is 5.02. The topological polar surface area (TPSA) is 67.6 Å². The second-order valence-electron chi connectivity index (χ2n) is 6.89. The number of β-amino-alcohol motifs (C(OH)–C–C–N with tert-alkyl or cyclic N) is 1. The molecule has 2 heterocycles. The highest BCUT2D eigenvalue weighted by molar-refractivity contribution is 5.90. The third-order valence-electron chi connectivity index (χ3n) is 5.02. The molecule has 1 unspecified atom stereocenters. The Kier molecular flexibility index (Phi) is 5.74. The largest absolute Gasteiger partial charge is 0.462 e. The Labute approximate surface area is 154 Å². The molecule has 140 valence electrons. The first kappa shape index (κ1) is 18.6. The number of rotatable bonds is 5. The number of hydrogen-bond donors (Lipinski definition) is 1. The van der Waals surface area contributed by atoms with Gasteiger partial charge in [0.1, 0.15) is 5.56 Å². The highest BCUT2D eigenvalue weighted by Crippen LogP contribution is 2.23. The number of aliphatic hydroxyl groups is 1. The Morgan fingerprint density at radius 1 is 1.38 bits per heavy atom. The second-order valence-corrected chi connectivity index (χ2v) is 6.89. The molecule has 1 aromatic carbocycles. The smallest absolute Gasteiger partial charge is 0.341 e. The lowest BCUT2D eigenvalue weighted by atomic mass is 10.1. The first-order valence-electron chi connectivity index (χ1n) is 9.22. The Hall–Kier alpha value is -2.18. The van der Waals surface area contributed by atoms with Crippen LogP contribution in [0.5, 0.6) is 0 Å². The highest BCUT2D eigenvalue weighted by atomic mass is 16.5. The van der Waals surface area contributed by atoms with Gasteiger partial charge >= 0.3 is 5.97 Å². The molecule has 1 fully saturated rings. The van der Waals surface area contributed by atoms with E-state index in [2.05, 4.69) is 29.9 Å². The first-order chi connectivity index (χ1) is 12.5. The van der Waals surface area contributed by atoms with Crippen molar-refractivity contribution in [3.63, 3.8) is 0 Å². The Morgan fingerprint density at radius 3 is 2.92 bits per heavy atom. The maximum absolute atomic E-state index is 12.4. The molecule has 1 aliphatic rings. The zero-order valence-electron chi connectivity index (χ0n) is 15.7. The van der Waals surface area contributed by atoms with Crippen LogP contribution in [-0.4, -0.2) is 51.6 Å². The molecule has 0 amide bonds. The van der Waals surface area contributed by atoms with E-state index in [4.69, 9.17) is 4.74 Å². The fourth-order valence-electron chi connectivity index (χ4n) is 3.46. The van der Waals surface area contributed by atoms with Crippen molar-refractivity contribution in [2.24, 2.45) is 0 Å². The van der Waals surface area contributed by atoms with Crippen LogP contribution in [0, 0.1) is 13.8 Å². The molecule has 1 atom stereocenters. The van der Waals surface area contributed by atoms with Crippen LogP contribution < -0.4 is 0 Å². The number of nitrogens with zero attached hydrogens (tertiary/aromatic N) is 3. The summed E-state index contributed by atoms with van der Waals surface area (Å²) in [6.07, 6.45) is 3.06. The maximum atomic E-state index is 12.4. The number of aryl methyl sites for hydroxylation is 1. The van der Waals surface area contributed by atoms with Gasteiger partial charge in [-0.15, -0.1) is 0 Å². The van der Waals surface area contributed by atoms with Crippen molar-refractivity contribution in [3.8, 4) is 5.69 Å². The number of aliphatic hydroxyl groups excluding tert-OH is 1. The standard InChI is InChI=1S/C20H27N3O3/c1-4-26-20(25)17-11-21-23(18-9-5-7-14(2)15(18)3)19(17)13-22-10-6-8-16(24)12-22/h5,7,9,11,16,24H,4,6,8,10,12-13H2,1-3H3. The summed E-state index contributed by atoms with van der Waals surface area (Å²) < 4.78 is 7.06. The number of carbonyl (C=O) groups excluding carboxylic acids is 1. The maximum Gasteiger partial charge on any atom is 0.341 e. The molecule has 1 saturated heterocycles. The van der Waals surface area contributed by atoms with Gasteiger partial charge in [0.25, 0.3) is 0 Å². The molecule has 0 aliphatic carbocycles. The van der Waals surface area contributed by atoms with Crippen LogP contribution in [0.2, 0.25) is 0 Å². The second kappa shape index (κ2) is 8.01. The minimum absolute atomic E-state index is 0.313. The average Bonchev–Trinajstić information content (AvgIpc) is 3.01. The van der Waals surface area contributed by atoms with Crippen molar-refractivity contribution in [3.05, 3.63) is 46.8 Å². The van der Waals surface area contributed by atoms with Gasteiger partial charge in [0.05, 0.1) is 30.3 Å². The molecule has 6 heteroatoms. The Balaban J connectivity index is 2.01. The summed E-state index contributed by atoms with van der Waals surface area (Å²) in [5.41, 5.74) is 4.58. The summed E-state index contributed by atoms with van der Waals surface area (Å²) in [6, 6.07) is 6.08. The Bertz CT molecular complexity index is 785. The summed E-state index contributed by atoms with van der Waals surface area (Å²) in [6.45, 7) is 8.32. The van der Waals surface area contributed by atoms with Crippen LogP contribution in [0.1, 0.15) is 46.9 Å². The molecule has 6 nitrogen and oxygen atoms in total. The van der Waals surface area contributed by atoms with E-state index < -0.39 is 0 Å². The van der Waals surface area contributed by atoms with Crippen LogP contribution in [0.3, 0.4) is 0 Å². The van der Waals surface area contributed by atoms with Crippen LogP contribution in [0.25, 0.3) is 5.69 Å². The lowest BCUT2D eigenvalue weighted by Gasteiger charge is -2.30. The lowest BCUT2D eigenvalue weighted by molar-refractivity contribution is 0.0517. The Morgan fingerprint density at radius 2 is 2.19 bits per heavy atom. The SMILES string of the molecule is CCOC(=O)c1cnn(-c2cccc(C)c2C)c1CN1CCCC(O)C1. The number of carbonyl (C=O) groups is 1. The number of benzene rings is 1. The van der Waals surface area contributed by atoms with Gasteiger partial charge in [0, 0.05) is 13.1 Å². The van der Waals surface area contributed by atoms with Gasteiger partial charge in [-0.1, -0.05) is 12.1 Å². The van der Waals surface area contributed by atoms with Crippen molar-refractivity contribution in [2.75, 3.05) is 19.7 Å². The molecule has 1 N–H and O–H groups in total. The van der Waals surface area contributed by atoms with Crippen LogP contribution >= 0.6 is 0 Å². The third kappa shape index (κ3) is 3.81. The van der Waals surface area contributed by atoms with Crippen molar-refractivity contribution in [1.82, 2.24) is 14.7 Å². The molecule has 1 aliphatic heterocycles. The molecular formula is C20H27N3O3.